The molecule has 0 aliphatic carbocycles. The lowest BCUT2D eigenvalue weighted by Gasteiger charge is -2.11. The van der Waals surface area contributed by atoms with Crippen LogP contribution in [0.25, 0.3) is 0 Å². The smallest absolute Gasteiger partial charge is 0.251 e. The van der Waals surface area contributed by atoms with Crippen LogP contribution in [0.3, 0.4) is 0 Å². The Balaban J connectivity index is 1.45. The van der Waals surface area contributed by atoms with Gasteiger partial charge in [0.1, 0.15) is 6.61 Å². The van der Waals surface area contributed by atoms with E-state index in [9.17, 15) is 9.59 Å². The normalized spacial score (nSPS) is 10.7. The standard InChI is InChI=1S/C25H22BrCl2N3O4/c1-34-23-12-17(4-9-22(23)35-15-16-2-6-19(26)7-3-16)14-30-31-24(32)10-11-29-25(33)18-5-8-20(27)21(28)13-18/h2-9,12-14H,10-11,15H2,1H3,(H,29,33)(H,31,32). The molecule has 0 radical (unpaired) electrons. The van der Waals surface area contributed by atoms with E-state index in [2.05, 4.69) is 31.8 Å². The van der Waals surface area contributed by atoms with E-state index in [4.69, 9.17) is 32.7 Å². The molecule has 0 bridgehead atoms. The highest BCUT2D eigenvalue weighted by atomic mass is 79.9. The number of ether oxygens (including phenoxy) is 2. The van der Waals surface area contributed by atoms with E-state index in [0.29, 0.717) is 34.3 Å². The van der Waals surface area contributed by atoms with E-state index < -0.39 is 0 Å². The highest BCUT2D eigenvalue weighted by Gasteiger charge is 2.09. The van der Waals surface area contributed by atoms with Crippen molar-refractivity contribution >= 4 is 57.2 Å². The third kappa shape index (κ3) is 8.28. The number of carbonyl (C=O) groups is 2. The van der Waals surface area contributed by atoms with Gasteiger partial charge in [0.15, 0.2) is 11.5 Å². The number of carbonyl (C=O) groups excluding carboxylic acids is 2. The predicted octanol–water partition coefficient (Wildman–Crippen LogP) is 5.61. The molecule has 3 rings (SSSR count). The van der Waals surface area contributed by atoms with Gasteiger partial charge < -0.3 is 14.8 Å². The van der Waals surface area contributed by atoms with Crippen molar-refractivity contribution in [2.24, 2.45) is 5.10 Å². The molecule has 0 saturated heterocycles. The van der Waals surface area contributed by atoms with Gasteiger partial charge in [0, 0.05) is 23.0 Å². The first kappa shape index (κ1) is 26.5. The highest BCUT2D eigenvalue weighted by molar-refractivity contribution is 9.10. The van der Waals surface area contributed by atoms with Crippen molar-refractivity contribution < 1.29 is 19.1 Å². The number of methoxy groups -OCH3 is 1. The van der Waals surface area contributed by atoms with Crippen LogP contribution in [0.15, 0.2) is 70.2 Å². The Labute approximate surface area is 221 Å². The van der Waals surface area contributed by atoms with Crippen LogP contribution in [0.5, 0.6) is 11.5 Å². The van der Waals surface area contributed by atoms with Gasteiger partial charge in [0.05, 0.1) is 23.4 Å². The maximum absolute atomic E-state index is 12.1. The average Bonchev–Trinajstić information content (AvgIpc) is 2.85. The van der Waals surface area contributed by atoms with Crippen molar-refractivity contribution in [1.29, 1.82) is 0 Å². The highest BCUT2D eigenvalue weighted by Crippen LogP contribution is 2.28. The van der Waals surface area contributed by atoms with E-state index in [1.165, 1.54) is 18.3 Å². The average molecular weight is 579 g/mol. The molecule has 0 atom stereocenters. The van der Waals surface area contributed by atoms with Gasteiger partial charge in [0.25, 0.3) is 5.91 Å². The number of nitrogens with one attached hydrogen (secondary N) is 2. The quantitative estimate of drug-likeness (QED) is 0.242. The molecule has 10 heteroatoms. The largest absolute Gasteiger partial charge is 0.493 e. The van der Waals surface area contributed by atoms with E-state index in [1.807, 2.05) is 24.3 Å². The van der Waals surface area contributed by atoms with Gasteiger partial charge in [-0.15, -0.1) is 0 Å². The Morgan fingerprint density at radius 1 is 1.00 bits per heavy atom. The molecule has 3 aromatic carbocycles. The van der Waals surface area contributed by atoms with Crippen molar-refractivity contribution in [3.05, 3.63) is 91.9 Å². The maximum Gasteiger partial charge on any atom is 0.251 e. The Hall–Kier alpha value is -3.07. The molecule has 0 fully saturated rings. The fourth-order valence-electron chi connectivity index (χ4n) is 2.89. The van der Waals surface area contributed by atoms with E-state index in [1.54, 1.807) is 31.4 Å². The van der Waals surface area contributed by atoms with Crippen LogP contribution in [0, 0.1) is 0 Å². The van der Waals surface area contributed by atoms with E-state index in [-0.39, 0.29) is 29.8 Å². The number of benzene rings is 3. The van der Waals surface area contributed by atoms with Gasteiger partial charge in [-0.05, 0) is 59.7 Å². The summed E-state index contributed by atoms with van der Waals surface area (Å²) in [4.78, 5) is 24.1. The molecule has 35 heavy (non-hydrogen) atoms. The fourth-order valence-corrected chi connectivity index (χ4v) is 3.45. The van der Waals surface area contributed by atoms with Crippen LogP contribution in [0.1, 0.15) is 27.9 Å². The van der Waals surface area contributed by atoms with Gasteiger partial charge in [0.2, 0.25) is 5.91 Å². The molecule has 0 aliphatic heterocycles. The lowest BCUT2D eigenvalue weighted by atomic mass is 10.2. The number of nitrogens with zero attached hydrogens (tertiary/aromatic N) is 1. The summed E-state index contributed by atoms with van der Waals surface area (Å²) < 4.78 is 12.3. The molecule has 0 unspecified atom stereocenters. The fraction of sp³-hybridized carbons (Fsp3) is 0.160. The summed E-state index contributed by atoms with van der Waals surface area (Å²) in [5, 5.41) is 7.25. The third-order valence-electron chi connectivity index (χ3n) is 4.72. The molecule has 182 valence electrons. The minimum atomic E-state index is -0.352. The van der Waals surface area contributed by atoms with Crippen LogP contribution in [0.2, 0.25) is 10.0 Å². The molecule has 2 N–H and O–H groups in total. The number of hydrazone groups is 1. The predicted molar refractivity (Wildman–Crippen MR) is 141 cm³/mol. The molecule has 0 heterocycles. The van der Waals surface area contributed by atoms with Crippen molar-refractivity contribution in [3.8, 4) is 11.5 Å². The van der Waals surface area contributed by atoms with Gasteiger partial charge >= 0.3 is 0 Å². The van der Waals surface area contributed by atoms with Crippen molar-refractivity contribution in [2.45, 2.75) is 13.0 Å². The van der Waals surface area contributed by atoms with Crippen LogP contribution in [0.4, 0.5) is 0 Å². The zero-order valence-electron chi connectivity index (χ0n) is 18.7. The molecular weight excluding hydrogens is 557 g/mol. The first-order valence-corrected chi connectivity index (χ1v) is 12.0. The molecule has 0 aliphatic rings. The summed E-state index contributed by atoms with van der Waals surface area (Å²) in [5.74, 6) is 0.434. The molecule has 2 amide bonds. The molecule has 0 saturated carbocycles. The van der Waals surface area contributed by atoms with Gasteiger partial charge in [-0.3, -0.25) is 9.59 Å². The van der Waals surface area contributed by atoms with Gasteiger partial charge in [-0.1, -0.05) is 51.3 Å². The van der Waals surface area contributed by atoms with Gasteiger partial charge in [-0.25, -0.2) is 5.43 Å². The maximum atomic E-state index is 12.1. The first-order valence-electron chi connectivity index (χ1n) is 10.5. The number of rotatable bonds is 10. The van der Waals surface area contributed by atoms with Crippen LogP contribution < -0.4 is 20.2 Å². The van der Waals surface area contributed by atoms with Crippen LogP contribution >= 0.6 is 39.1 Å². The topological polar surface area (TPSA) is 89.0 Å². The minimum Gasteiger partial charge on any atom is -0.493 e. The zero-order chi connectivity index (χ0) is 25.2. The Morgan fingerprint density at radius 2 is 1.77 bits per heavy atom. The molecule has 3 aromatic rings. The second-order valence-electron chi connectivity index (χ2n) is 7.25. The zero-order valence-corrected chi connectivity index (χ0v) is 21.8. The third-order valence-corrected chi connectivity index (χ3v) is 5.99. The summed E-state index contributed by atoms with van der Waals surface area (Å²) >= 11 is 15.2. The molecular formula is C25H22BrCl2N3O4. The number of hydrogen-bond donors (Lipinski definition) is 2. The summed E-state index contributed by atoms with van der Waals surface area (Å²) in [7, 11) is 1.55. The van der Waals surface area contributed by atoms with Crippen molar-refractivity contribution in [1.82, 2.24) is 10.7 Å². The monoisotopic (exact) mass is 577 g/mol. The van der Waals surface area contributed by atoms with Crippen molar-refractivity contribution in [3.63, 3.8) is 0 Å². The Kier molecular flexibility index (Phi) is 9.96. The summed E-state index contributed by atoms with van der Waals surface area (Å²) in [6.07, 6.45) is 1.55. The van der Waals surface area contributed by atoms with Crippen molar-refractivity contribution in [2.75, 3.05) is 13.7 Å². The summed E-state index contributed by atoms with van der Waals surface area (Å²) in [6.45, 7) is 0.535. The number of amides is 2. The SMILES string of the molecule is COc1cc(C=NNC(=O)CCNC(=O)c2ccc(Cl)c(Cl)c2)ccc1OCc1ccc(Br)cc1. The lowest BCUT2D eigenvalue weighted by Crippen LogP contribution is -2.29. The summed E-state index contributed by atoms with van der Waals surface area (Å²) in [6, 6.07) is 17.7. The second-order valence-corrected chi connectivity index (χ2v) is 8.98. The summed E-state index contributed by atoms with van der Waals surface area (Å²) in [5.41, 5.74) is 4.53. The minimum absolute atomic E-state index is 0.0521. The molecule has 7 nitrogen and oxygen atoms in total. The van der Waals surface area contributed by atoms with Crippen LogP contribution in [-0.2, 0) is 11.4 Å². The van der Waals surface area contributed by atoms with Gasteiger partial charge in [-0.2, -0.15) is 5.10 Å². The molecule has 0 aromatic heterocycles. The Morgan fingerprint density at radius 3 is 2.49 bits per heavy atom. The van der Waals surface area contributed by atoms with E-state index in [0.717, 1.165) is 10.0 Å². The van der Waals surface area contributed by atoms with Crippen LogP contribution in [-0.4, -0.2) is 31.7 Å². The number of halogens is 3. The number of hydrogen-bond acceptors (Lipinski definition) is 5. The lowest BCUT2D eigenvalue weighted by molar-refractivity contribution is -0.120. The Bertz CT molecular complexity index is 1220. The van der Waals surface area contributed by atoms with E-state index >= 15 is 0 Å². The first-order chi connectivity index (χ1) is 16.9. The molecule has 0 spiro atoms. The second kappa shape index (κ2) is 13.1.